The van der Waals surface area contributed by atoms with Gasteiger partial charge in [-0.3, -0.25) is 0 Å². The molecule has 2 rings (SSSR count). The van der Waals surface area contributed by atoms with Gasteiger partial charge >= 0.3 is 0 Å². The van der Waals surface area contributed by atoms with Crippen molar-refractivity contribution in [2.24, 2.45) is 11.8 Å². The van der Waals surface area contributed by atoms with Crippen molar-refractivity contribution in [2.45, 2.75) is 45.6 Å². The molecule has 0 saturated heterocycles. The molecule has 1 fully saturated rings. The Balaban J connectivity index is 2.32. The number of thiophene rings is 1. The van der Waals surface area contributed by atoms with E-state index in [0.29, 0.717) is 11.8 Å². The van der Waals surface area contributed by atoms with Crippen LogP contribution in [-0.2, 0) is 5.60 Å². The Morgan fingerprint density at radius 2 is 2.20 bits per heavy atom. The van der Waals surface area contributed by atoms with E-state index in [9.17, 15) is 5.11 Å². The fraction of sp³-hybridized carbons (Fsp3) is 0.692. The van der Waals surface area contributed by atoms with Gasteiger partial charge in [0, 0.05) is 4.88 Å². The maximum atomic E-state index is 10.8. The van der Waals surface area contributed by atoms with Gasteiger partial charge in [-0.15, -0.1) is 11.3 Å². The largest absolute Gasteiger partial charge is 0.385 e. The van der Waals surface area contributed by atoms with Crippen LogP contribution in [0.4, 0.5) is 0 Å². The molecule has 1 N–H and O–H groups in total. The average molecular weight is 224 g/mol. The number of hydrogen-bond donors (Lipinski definition) is 1. The van der Waals surface area contributed by atoms with Crippen LogP contribution in [0.15, 0.2) is 11.4 Å². The topological polar surface area (TPSA) is 20.2 Å². The normalized spacial score (nSPS) is 36.8. The number of aryl methyl sites for hydroxylation is 1. The summed E-state index contributed by atoms with van der Waals surface area (Å²) in [6, 6.07) is 2.15. The van der Waals surface area contributed by atoms with E-state index < -0.39 is 5.60 Å². The highest BCUT2D eigenvalue weighted by Crippen LogP contribution is 2.45. The second kappa shape index (κ2) is 3.91. The fourth-order valence-electron chi connectivity index (χ4n) is 2.72. The van der Waals surface area contributed by atoms with E-state index in [4.69, 9.17) is 0 Å². The summed E-state index contributed by atoms with van der Waals surface area (Å²) < 4.78 is 0. The van der Waals surface area contributed by atoms with Crippen molar-refractivity contribution in [3.05, 3.63) is 21.9 Å². The first-order chi connectivity index (χ1) is 7.04. The van der Waals surface area contributed by atoms with Crippen LogP contribution >= 0.6 is 11.3 Å². The zero-order chi connectivity index (χ0) is 11.1. The Morgan fingerprint density at radius 1 is 1.47 bits per heavy atom. The molecule has 1 aliphatic carbocycles. The van der Waals surface area contributed by atoms with Gasteiger partial charge in [-0.2, -0.15) is 0 Å². The summed E-state index contributed by atoms with van der Waals surface area (Å²) in [5.74, 6) is 1.00. The third-order valence-electron chi connectivity index (χ3n) is 4.05. The Bertz CT molecular complexity index is 344. The van der Waals surface area contributed by atoms with Gasteiger partial charge in [0.15, 0.2) is 0 Å². The van der Waals surface area contributed by atoms with Crippen molar-refractivity contribution >= 4 is 11.3 Å². The fourth-order valence-corrected chi connectivity index (χ4v) is 3.50. The highest BCUT2D eigenvalue weighted by Gasteiger charge is 2.41. The summed E-state index contributed by atoms with van der Waals surface area (Å²) in [4.78, 5) is 1.30. The van der Waals surface area contributed by atoms with E-state index in [1.165, 1.54) is 11.3 Å². The van der Waals surface area contributed by atoms with E-state index in [1.807, 2.05) is 0 Å². The molecule has 0 aliphatic heterocycles. The van der Waals surface area contributed by atoms with Gasteiger partial charge in [0.25, 0.3) is 0 Å². The molecule has 3 unspecified atom stereocenters. The summed E-state index contributed by atoms with van der Waals surface area (Å²) in [6.07, 6.45) is 3.33. The van der Waals surface area contributed by atoms with Crippen molar-refractivity contribution in [1.29, 1.82) is 0 Å². The summed E-state index contributed by atoms with van der Waals surface area (Å²) in [5.41, 5.74) is 0.576. The van der Waals surface area contributed by atoms with E-state index in [0.717, 1.165) is 18.4 Å². The van der Waals surface area contributed by atoms with Crippen LogP contribution in [0, 0.1) is 18.8 Å². The van der Waals surface area contributed by atoms with Crippen LogP contribution in [0.3, 0.4) is 0 Å². The Hall–Kier alpha value is -0.340. The first-order valence-electron chi connectivity index (χ1n) is 5.82. The van der Waals surface area contributed by atoms with Crippen molar-refractivity contribution in [3.8, 4) is 0 Å². The molecule has 15 heavy (non-hydrogen) atoms. The number of hydrogen-bond acceptors (Lipinski definition) is 2. The predicted molar refractivity (Wildman–Crippen MR) is 65.1 cm³/mol. The molecule has 0 radical (unpaired) electrons. The van der Waals surface area contributed by atoms with Crippen LogP contribution in [-0.4, -0.2) is 5.11 Å². The maximum Gasteiger partial charge on any atom is 0.0932 e. The van der Waals surface area contributed by atoms with Crippen LogP contribution in [0.1, 0.15) is 43.6 Å². The molecule has 84 valence electrons. The Morgan fingerprint density at radius 3 is 2.80 bits per heavy atom. The second-order valence-corrected chi connectivity index (χ2v) is 6.14. The minimum absolute atomic E-state index is 0.375. The molecular weight excluding hydrogens is 204 g/mol. The van der Waals surface area contributed by atoms with Gasteiger partial charge in [-0.05, 0) is 48.6 Å². The van der Waals surface area contributed by atoms with Crippen LogP contribution in [0.5, 0.6) is 0 Å². The molecule has 1 aromatic heterocycles. The lowest BCUT2D eigenvalue weighted by molar-refractivity contribution is -0.0685. The van der Waals surface area contributed by atoms with Crippen LogP contribution in [0.2, 0.25) is 0 Å². The third kappa shape index (κ3) is 1.85. The zero-order valence-electron chi connectivity index (χ0n) is 9.79. The van der Waals surface area contributed by atoms with Crippen LogP contribution in [0.25, 0.3) is 0 Å². The lowest BCUT2D eigenvalue weighted by Crippen LogP contribution is -2.40. The lowest BCUT2D eigenvalue weighted by Gasteiger charge is -2.41. The summed E-state index contributed by atoms with van der Waals surface area (Å²) in [7, 11) is 0. The molecule has 0 spiro atoms. The van der Waals surface area contributed by atoms with E-state index >= 15 is 0 Å². The standard InChI is InChI=1S/C13H20OS/c1-9-5-4-6-13(14,11(9)3)12-7-10(2)15-8-12/h7-9,11,14H,4-6H2,1-3H3. The van der Waals surface area contributed by atoms with Gasteiger partial charge < -0.3 is 5.11 Å². The van der Waals surface area contributed by atoms with Gasteiger partial charge in [0.2, 0.25) is 0 Å². The van der Waals surface area contributed by atoms with Crippen molar-refractivity contribution in [1.82, 2.24) is 0 Å². The quantitative estimate of drug-likeness (QED) is 0.771. The molecule has 1 saturated carbocycles. The summed E-state index contributed by atoms with van der Waals surface area (Å²) >= 11 is 1.74. The molecule has 3 atom stereocenters. The Kier molecular flexibility index (Phi) is 2.91. The minimum atomic E-state index is -0.567. The summed E-state index contributed by atoms with van der Waals surface area (Å²) in [6.45, 7) is 6.55. The molecule has 0 aromatic carbocycles. The molecule has 1 heterocycles. The third-order valence-corrected chi connectivity index (χ3v) is 4.92. The molecule has 1 aliphatic rings. The molecule has 1 aromatic rings. The smallest absolute Gasteiger partial charge is 0.0932 e. The highest BCUT2D eigenvalue weighted by molar-refractivity contribution is 7.10. The lowest BCUT2D eigenvalue weighted by atomic mass is 9.68. The van der Waals surface area contributed by atoms with Crippen molar-refractivity contribution < 1.29 is 5.11 Å². The SMILES string of the molecule is Cc1cc(C2(O)CCCC(C)C2C)cs1. The molecule has 0 bridgehead atoms. The molecular formula is C13H20OS. The highest BCUT2D eigenvalue weighted by atomic mass is 32.1. The van der Waals surface area contributed by atoms with Gasteiger partial charge in [-0.25, -0.2) is 0 Å². The Labute approximate surface area is 96.1 Å². The first-order valence-corrected chi connectivity index (χ1v) is 6.70. The van der Waals surface area contributed by atoms with E-state index in [2.05, 4.69) is 32.2 Å². The van der Waals surface area contributed by atoms with Gasteiger partial charge in [0.05, 0.1) is 5.60 Å². The maximum absolute atomic E-state index is 10.8. The van der Waals surface area contributed by atoms with E-state index in [-0.39, 0.29) is 0 Å². The van der Waals surface area contributed by atoms with Gasteiger partial charge in [-0.1, -0.05) is 20.3 Å². The second-order valence-electron chi connectivity index (χ2n) is 5.03. The van der Waals surface area contributed by atoms with Crippen LogP contribution < -0.4 is 0 Å². The van der Waals surface area contributed by atoms with Crippen molar-refractivity contribution in [2.75, 3.05) is 0 Å². The zero-order valence-corrected chi connectivity index (χ0v) is 10.6. The summed E-state index contributed by atoms with van der Waals surface area (Å²) in [5, 5.41) is 12.9. The molecule has 2 heteroatoms. The molecule has 1 nitrogen and oxygen atoms in total. The minimum Gasteiger partial charge on any atom is -0.385 e. The predicted octanol–water partition coefficient (Wildman–Crippen LogP) is 3.70. The number of aliphatic hydroxyl groups is 1. The average Bonchev–Trinajstić information content (AvgIpc) is 2.62. The van der Waals surface area contributed by atoms with Gasteiger partial charge in [0.1, 0.15) is 0 Å². The number of rotatable bonds is 1. The van der Waals surface area contributed by atoms with Crippen molar-refractivity contribution in [3.63, 3.8) is 0 Å². The van der Waals surface area contributed by atoms with E-state index in [1.54, 1.807) is 11.3 Å². The monoisotopic (exact) mass is 224 g/mol. The molecule has 0 amide bonds. The first kappa shape index (κ1) is 11.2.